The molecule has 0 bridgehead atoms. The zero-order valence-electron chi connectivity index (χ0n) is 7.58. The first-order valence-corrected chi connectivity index (χ1v) is 4.45. The summed E-state index contributed by atoms with van der Waals surface area (Å²) in [6.45, 7) is 4.46. The predicted octanol–water partition coefficient (Wildman–Crippen LogP) is 1.56. The molecule has 0 aromatic heterocycles. The number of hydrogen-bond acceptors (Lipinski definition) is 2. The second kappa shape index (κ2) is 6.62. The van der Waals surface area contributed by atoms with Crippen LogP contribution in [0.15, 0.2) is 0 Å². The van der Waals surface area contributed by atoms with Gasteiger partial charge in [0.05, 0.1) is 6.10 Å². The molecule has 0 saturated carbocycles. The average Bonchev–Trinajstić information content (AvgIpc) is 1.86. The monoisotopic (exact) mass is 160 g/mol. The molecule has 0 aliphatic rings. The van der Waals surface area contributed by atoms with Crippen molar-refractivity contribution in [1.29, 1.82) is 0 Å². The summed E-state index contributed by atoms with van der Waals surface area (Å²) >= 11 is 0. The Morgan fingerprint density at radius 1 is 1.18 bits per heavy atom. The van der Waals surface area contributed by atoms with Crippen molar-refractivity contribution in [1.82, 2.24) is 0 Å². The summed E-state index contributed by atoms with van der Waals surface area (Å²) in [5.41, 5.74) is 0. The van der Waals surface area contributed by atoms with Crippen molar-refractivity contribution in [2.24, 2.45) is 5.92 Å². The minimum atomic E-state index is -0.165. The molecule has 0 amide bonds. The van der Waals surface area contributed by atoms with Crippen LogP contribution in [0, 0.1) is 5.92 Å². The summed E-state index contributed by atoms with van der Waals surface area (Å²) in [4.78, 5) is 0. The molecule has 2 nitrogen and oxygen atoms in total. The second-order valence-electron chi connectivity index (χ2n) is 3.50. The molecule has 0 rings (SSSR count). The van der Waals surface area contributed by atoms with Gasteiger partial charge in [-0.25, -0.2) is 0 Å². The highest BCUT2D eigenvalue weighted by Crippen LogP contribution is 2.10. The van der Waals surface area contributed by atoms with Crippen LogP contribution in [0.1, 0.15) is 39.5 Å². The first kappa shape index (κ1) is 10.9. The zero-order chi connectivity index (χ0) is 8.69. The Balaban J connectivity index is 3.15. The first-order chi connectivity index (χ1) is 5.16. The predicted molar refractivity (Wildman–Crippen MR) is 46.4 cm³/mol. The van der Waals surface area contributed by atoms with E-state index in [1.807, 2.05) is 0 Å². The molecule has 0 radical (unpaired) electrons. The van der Waals surface area contributed by atoms with Crippen molar-refractivity contribution in [2.75, 3.05) is 6.61 Å². The van der Waals surface area contributed by atoms with Gasteiger partial charge < -0.3 is 10.2 Å². The van der Waals surface area contributed by atoms with E-state index in [-0.39, 0.29) is 12.7 Å². The van der Waals surface area contributed by atoms with Crippen molar-refractivity contribution in [3.8, 4) is 0 Å². The highest BCUT2D eigenvalue weighted by Gasteiger charge is 2.05. The molecule has 0 aliphatic carbocycles. The Kier molecular flexibility index (Phi) is 6.57. The summed E-state index contributed by atoms with van der Waals surface area (Å²) in [5, 5.41) is 17.8. The van der Waals surface area contributed by atoms with Gasteiger partial charge in [-0.05, 0) is 31.6 Å². The summed E-state index contributed by atoms with van der Waals surface area (Å²) in [5.74, 6) is 0.569. The maximum absolute atomic E-state index is 9.36. The lowest BCUT2D eigenvalue weighted by Crippen LogP contribution is -2.09. The minimum absolute atomic E-state index is 0.165. The average molecular weight is 160 g/mol. The standard InChI is InChI=1S/C9H20O2/c1-8(2)7-9(11)5-3-4-6-10/h8-11H,3-7H2,1-2H3. The molecule has 0 aromatic carbocycles. The molecule has 11 heavy (non-hydrogen) atoms. The van der Waals surface area contributed by atoms with Crippen LogP contribution < -0.4 is 0 Å². The zero-order valence-corrected chi connectivity index (χ0v) is 7.58. The van der Waals surface area contributed by atoms with E-state index in [9.17, 15) is 5.11 Å². The van der Waals surface area contributed by atoms with Crippen LogP contribution >= 0.6 is 0 Å². The lowest BCUT2D eigenvalue weighted by Gasteiger charge is -2.11. The second-order valence-corrected chi connectivity index (χ2v) is 3.50. The van der Waals surface area contributed by atoms with Crippen LogP contribution in [-0.2, 0) is 0 Å². The molecule has 0 aliphatic heterocycles. The van der Waals surface area contributed by atoms with Gasteiger partial charge in [0, 0.05) is 6.61 Å². The molecule has 0 heterocycles. The number of unbranched alkanes of at least 4 members (excludes halogenated alkanes) is 1. The molecule has 0 fully saturated rings. The lowest BCUT2D eigenvalue weighted by molar-refractivity contribution is 0.133. The van der Waals surface area contributed by atoms with Crippen molar-refractivity contribution in [2.45, 2.75) is 45.6 Å². The van der Waals surface area contributed by atoms with Gasteiger partial charge in [0.25, 0.3) is 0 Å². The largest absolute Gasteiger partial charge is 0.396 e. The molecular weight excluding hydrogens is 140 g/mol. The van der Waals surface area contributed by atoms with Gasteiger partial charge in [0.1, 0.15) is 0 Å². The Morgan fingerprint density at radius 3 is 2.27 bits per heavy atom. The van der Waals surface area contributed by atoms with Crippen molar-refractivity contribution < 1.29 is 10.2 Å². The SMILES string of the molecule is CC(C)CC(O)CCCCO. The van der Waals surface area contributed by atoms with E-state index in [2.05, 4.69) is 13.8 Å². The van der Waals surface area contributed by atoms with E-state index in [0.29, 0.717) is 5.92 Å². The summed E-state index contributed by atoms with van der Waals surface area (Å²) in [7, 11) is 0. The smallest absolute Gasteiger partial charge is 0.0542 e. The van der Waals surface area contributed by atoms with Gasteiger partial charge in [-0.15, -0.1) is 0 Å². The maximum Gasteiger partial charge on any atom is 0.0542 e. The van der Waals surface area contributed by atoms with Crippen LogP contribution in [0.3, 0.4) is 0 Å². The van der Waals surface area contributed by atoms with E-state index in [1.165, 1.54) is 0 Å². The van der Waals surface area contributed by atoms with Gasteiger partial charge in [0.2, 0.25) is 0 Å². The summed E-state index contributed by atoms with van der Waals surface area (Å²) < 4.78 is 0. The summed E-state index contributed by atoms with van der Waals surface area (Å²) in [6, 6.07) is 0. The highest BCUT2D eigenvalue weighted by atomic mass is 16.3. The quantitative estimate of drug-likeness (QED) is 0.579. The van der Waals surface area contributed by atoms with Crippen LogP contribution in [0.4, 0.5) is 0 Å². The molecule has 0 aromatic rings. The fraction of sp³-hybridized carbons (Fsp3) is 1.00. The summed E-state index contributed by atoms with van der Waals surface area (Å²) in [6.07, 6.45) is 3.30. The van der Waals surface area contributed by atoms with E-state index in [4.69, 9.17) is 5.11 Å². The fourth-order valence-corrected chi connectivity index (χ4v) is 1.15. The molecule has 0 spiro atoms. The first-order valence-electron chi connectivity index (χ1n) is 4.45. The van der Waals surface area contributed by atoms with Crippen LogP contribution in [0.5, 0.6) is 0 Å². The third kappa shape index (κ3) is 7.82. The molecule has 1 unspecified atom stereocenters. The third-order valence-electron chi connectivity index (χ3n) is 1.69. The molecule has 68 valence electrons. The van der Waals surface area contributed by atoms with E-state index in [1.54, 1.807) is 0 Å². The van der Waals surface area contributed by atoms with Gasteiger partial charge in [0.15, 0.2) is 0 Å². The molecule has 2 heteroatoms. The Bertz CT molecular complexity index is 81.6. The van der Waals surface area contributed by atoms with E-state index in [0.717, 1.165) is 25.7 Å². The van der Waals surface area contributed by atoms with Crippen molar-refractivity contribution in [3.63, 3.8) is 0 Å². The lowest BCUT2D eigenvalue weighted by atomic mass is 10.0. The van der Waals surface area contributed by atoms with Crippen LogP contribution in [0.25, 0.3) is 0 Å². The molecule has 0 saturated heterocycles. The number of aliphatic hydroxyl groups excluding tert-OH is 2. The fourth-order valence-electron chi connectivity index (χ4n) is 1.15. The molecular formula is C9H20O2. The van der Waals surface area contributed by atoms with Crippen molar-refractivity contribution >= 4 is 0 Å². The van der Waals surface area contributed by atoms with Gasteiger partial charge in [-0.2, -0.15) is 0 Å². The minimum Gasteiger partial charge on any atom is -0.396 e. The number of aliphatic hydroxyl groups is 2. The van der Waals surface area contributed by atoms with Crippen LogP contribution in [0.2, 0.25) is 0 Å². The molecule has 2 N–H and O–H groups in total. The van der Waals surface area contributed by atoms with Crippen LogP contribution in [-0.4, -0.2) is 22.9 Å². The van der Waals surface area contributed by atoms with E-state index < -0.39 is 0 Å². The molecule has 1 atom stereocenters. The Labute approximate surface area is 69.2 Å². The van der Waals surface area contributed by atoms with E-state index >= 15 is 0 Å². The number of hydrogen-bond donors (Lipinski definition) is 2. The Morgan fingerprint density at radius 2 is 1.82 bits per heavy atom. The third-order valence-corrected chi connectivity index (χ3v) is 1.69. The van der Waals surface area contributed by atoms with Crippen molar-refractivity contribution in [3.05, 3.63) is 0 Å². The van der Waals surface area contributed by atoms with Gasteiger partial charge >= 0.3 is 0 Å². The van der Waals surface area contributed by atoms with Gasteiger partial charge in [-0.1, -0.05) is 13.8 Å². The highest BCUT2D eigenvalue weighted by molar-refractivity contribution is 4.58. The topological polar surface area (TPSA) is 40.5 Å². The maximum atomic E-state index is 9.36. The Hall–Kier alpha value is -0.0800. The normalized spacial score (nSPS) is 13.9. The van der Waals surface area contributed by atoms with Gasteiger partial charge in [-0.3, -0.25) is 0 Å². The number of rotatable bonds is 6.